The number of nitrogens with zero attached hydrogens (tertiary/aromatic N) is 1. The molecule has 3 fully saturated rings. The van der Waals surface area contributed by atoms with Crippen molar-refractivity contribution in [2.45, 2.75) is 93.4 Å². The quantitative estimate of drug-likeness (QED) is 0.140. The van der Waals surface area contributed by atoms with Crippen LogP contribution in [0.2, 0.25) is 0 Å². The summed E-state index contributed by atoms with van der Waals surface area (Å²) in [4.78, 5) is 39.0. The van der Waals surface area contributed by atoms with E-state index in [2.05, 4.69) is 45.9 Å². The number of benzene rings is 1. The lowest BCUT2D eigenvalue weighted by atomic mass is 9.34. The number of carbonyl (C=O) groups excluding carboxylic acids is 3. The van der Waals surface area contributed by atoms with Gasteiger partial charge in [0.25, 0.3) is 0 Å². The number of ether oxygens (including phenoxy) is 2. The minimum atomic E-state index is -0.665. The molecule has 258 valence electrons. The molecule has 0 bridgehead atoms. The summed E-state index contributed by atoms with van der Waals surface area (Å²) in [6.45, 7) is 15.2. The second-order valence-corrected chi connectivity index (χ2v) is 16.4. The largest absolute Gasteiger partial charge is 0.504 e. The zero-order chi connectivity index (χ0) is 35.6. The lowest BCUT2D eigenvalue weighted by Gasteiger charge is -2.70. The molecule has 49 heavy (non-hydrogen) atoms. The van der Waals surface area contributed by atoms with Crippen molar-refractivity contribution in [1.82, 2.24) is 0 Å². The van der Waals surface area contributed by atoms with Crippen molar-refractivity contribution in [3.8, 4) is 6.07 Å². The molecule has 1 aromatic rings. The number of ketones is 1. The van der Waals surface area contributed by atoms with Crippen LogP contribution in [-0.4, -0.2) is 36.0 Å². The average Bonchev–Trinajstić information content (AvgIpc) is 3.07. The minimum absolute atomic E-state index is 0.0471. The lowest BCUT2D eigenvalue weighted by molar-refractivity contribution is -0.183. The summed E-state index contributed by atoms with van der Waals surface area (Å²) in [5.41, 5.74) is 4.81. The van der Waals surface area contributed by atoms with Gasteiger partial charge >= 0.3 is 11.9 Å². The fourth-order valence-electron chi connectivity index (χ4n) is 10.2. The second kappa shape index (κ2) is 12.0. The highest BCUT2D eigenvalue weighted by Crippen LogP contribution is 2.75. The van der Waals surface area contributed by atoms with Gasteiger partial charge in [-0.3, -0.25) is 9.59 Å². The molecule has 5 aliphatic rings. The number of hydrogen-bond acceptors (Lipinski definition) is 7. The zero-order valence-corrected chi connectivity index (χ0v) is 30.0. The van der Waals surface area contributed by atoms with Crippen LogP contribution in [0.3, 0.4) is 0 Å². The molecule has 0 amide bonds. The van der Waals surface area contributed by atoms with E-state index in [4.69, 9.17) is 9.47 Å². The van der Waals surface area contributed by atoms with Crippen LogP contribution in [0.1, 0.15) is 97.6 Å². The zero-order valence-electron chi connectivity index (χ0n) is 30.0. The first-order chi connectivity index (χ1) is 23.0. The Morgan fingerprint density at radius 2 is 1.61 bits per heavy atom. The van der Waals surface area contributed by atoms with Crippen molar-refractivity contribution in [2.75, 3.05) is 13.2 Å². The molecule has 6 atom stereocenters. The Labute approximate surface area is 290 Å². The SMILES string of the molecule is CC1=C(O)C(=O)C=C2C1=CC=C1[C@@]2(C)CC[C@@]2(C)[C@@H]3C[C@](C)(C(=O)OCCOC(=O)/C=C(\C#N)c4ccc(C)cc4)CC[C@]3(C)CC[C@]12C. The molecule has 0 heterocycles. The van der Waals surface area contributed by atoms with E-state index in [-0.39, 0.29) is 63.9 Å². The van der Waals surface area contributed by atoms with Gasteiger partial charge in [0, 0.05) is 17.1 Å². The third kappa shape index (κ3) is 5.43. The molecule has 0 unspecified atom stereocenters. The summed E-state index contributed by atoms with van der Waals surface area (Å²) in [7, 11) is 0. The standard InChI is InChI=1S/C42H49NO6/c1-26-8-10-28(11-9-26)29(25-43)22-35(45)48-20-21-49-37(47)39(4)15-14-38(3)16-18-41(6)33-13-12-30-27(2)36(46)32(44)23-31(30)40(33,5)17-19-42(41,7)34(38)24-39/h8-13,22-23,34,46H,14-21,24H2,1-7H3/b29-22+/t34-,38-,39-,40+,41-,42+/m1/s1. The number of fused-ring (bicyclic) bond motifs is 7. The fraction of sp³-hybridized carbons (Fsp3) is 0.524. The highest BCUT2D eigenvalue weighted by atomic mass is 16.6. The number of hydrogen-bond donors (Lipinski definition) is 1. The number of nitriles is 1. The number of allylic oxidation sites excluding steroid dienone is 8. The van der Waals surface area contributed by atoms with Crippen molar-refractivity contribution >= 4 is 23.3 Å². The van der Waals surface area contributed by atoms with E-state index in [9.17, 15) is 24.8 Å². The van der Waals surface area contributed by atoms with Crippen LogP contribution < -0.4 is 0 Å². The van der Waals surface area contributed by atoms with E-state index < -0.39 is 11.4 Å². The summed E-state index contributed by atoms with van der Waals surface area (Å²) < 4.78 is 11.1. The van der Waals surface area contributed by atoms with E-state index in [1.54, 1.807) is 18.2 Å². The maximum absolute atomic E-state index is 13.7. The van der Waals surface area contributed by atoms with Gasteiger partial charge in [-0.1, -0.05) is 75.2 Å². The Balaban J connectivity index is 1.16. The third-order valence-corrected chi connectivity index (χ3v) is 13.7. The Morgan fingerprint density at radius 1 is 0.939 bits per heavy atom. The molecular weight excluding hydrogens is 614 g/mol. The number of esters is 2. The predicted molar refractivity (Wildman–Crippen MR) is 188 cm³/mol. The Morgan fingerprint density at radius 3 is 2.31 bits per heavy atom. The second-order valence-electron chi connectivity index (χ2n) is 16.4. The first-order valence-electron chi connectivity index (χ1n) is 17.6. The van der Waals surface area contributed by atoms with Crippen LogP contribution >= 0.6 is 0 Å². The van der Waals surface area contributed by atoms with Crippen molar-refractivity contribution in [2.24, 2.45) is 33.0 Å². The normalized spacial score (nSPS) is 35.3. The minimum Gasteiger partial charge on any atom is -0.504 e. The van der Waals surface area contributed by atoms with E-state index in [0.29, 0.717) is 11.1 Å². The molecule has 5 aliphatic carbocycles. The molecule has 1 aromatic carbocycles. The molecule has 0 saturated heterocycles. The molecular formula is C42H49NO6. The maximum atomic E-state index is 13.7. The summed E-state index contributed by atoms with van der Waals surface area (Å²) in [5.74, 6) is -1.11. The summed E-state index contributed by atoms with van der Waals surface area (Å²) in [6, 6.07) is 9.38. The van der Waals surface area contributed by atoms with Crippen LogP contribution in [0.4, 0.5) is 0 Å². The number of aliphatic hydroxyl groups excluding tert-OH is 1. The molecule has 1 N–H and O–H groups in total. The number of rotatable bonds is 6. The number of carbonyl (C=O) groups is 3. The van der Waals surface area contributed by atoms with Gasteiger partial charge in [0.15, 0.2) is 5.76 Å². The first kappa shape index (κ1) is 34.7. The molecule has 6 rings (SSSR count). The topological polar surface area (TPSA) is 114 Å². The fourth-order valence-corrected chi connectivity index (χ4v) is 10.2. The van der Waals surface area contributed by atoms with Gasteiger partial charge in [-0.25, -0.2) is 4.79 Å². The van der Waals surface area contributed by atoms with E-state index in [1.165, 1.54) is 11.6 Å². The molecule has 7 nitrogen and oxygen atoms in total. The van der Waals surface area contributed by atoms with E-state index in [1.807, 2.05) is 32.9 Å². The highest BCUT2D eigenvalue weighted by molar-refractivity contribution is 6.06. The summed E-state index contributed by atoms with van der Waals surface area (Å²) in [6.07, 6.45) is 13.6. The molecule has 0 aromatic heterocycles. The van der Waals surface area contributed by atoms with Gasteiger partial charge in [0.1, 0.15) is 19.3 Å². The number of aryl methyl sites for hydroxylation is 1. The summed E-state index contributed by atoms with van der Waals surface area (Å²) in [5, 5.41) is 20.0. The number of aliphatic hydroxyl groups is 1. The van der Waals surface area contributed by atoms with Gasteiger partial charge in [0.05, 0.1) is 11.0 Å². The van der Waals surface area contributed by atoms with E-state index in [0.717, 1.165) is 61.7 Å². The Bertz CT molecular complexity index is 1820. The van der Waals surface area contributed by atoms with Gasteiger partial charge in [-0.2, -0.15) is 5.26 Å². The Hall–Kier alpha value is -4.18. The van der Waals surface area contributed by atoms with Gasteiger partial charge in [-0.05, 0) is 111 Å². The van der Waals surface area contributed by atoms with Gasteiger partial charge < -0.3 is 14.6 Å². The lowest BCUT2D eigenvalue weighted by Crippen LogP contribution is -2.62. The van der Waals surface area contributed by atoms with Crippen molar-refractivity contribution < 1.29 is 29.0 Å². The summed E-state index contributed by atoms with van der Waals surface area (Å²) >= 11 is 0. The molecule has 0 radical (unpaired) electrons. The molecule has 3 saturated carbocycles. The third-order valence-electron chi connectivity index (χ3n) is 13.7. The average molecular weight is 664 g/mol. The van der Waals surface area contributed by atoms with Crippen LogP contribution in [-0.2, 0) is 23.9 Å². The van der Waals surface area contributed by atoms with Crippen LogP contribution in [0.25, 0.3) is 5.57 Å². The van der Waals surface area contributed by atoms with Crippen LogP contribution in [0.15, 0.2) is 76.6 Å². The maximum Gasteiger partial charge on any atom is 0.332 e. The predicted octanol–water partition coefficient (Wildman–Crippen LogP) is 8.62. The van der Waals surface area contributed by atoms with Crippen molar-refractivity contribution in [3.05, 3.63) is 87.7 Å². The molecule has 0 aliphatic heterocycles. The highest BCUT2D eigenvalue weighted by Gasteiger charge is 2.67. The van der Waals surface area contributed by atoms with Crippen LogP contribution in [0.5, 0.6) is 0 Å². The molecule has 7 heteroatoms. The molecule has 0 spiro atoms. The van der Waals surface area contributed by atoms with Gasteiger partial charge in [0.2, 0.25) is 5.78 Å². The van der Waals surface area contributed by atoms with Crippen molar-refractivity contribution in [3.63, 3.8) is 0 Å². The first-order valence-corrected chi connectivity index (χ1v) is 17.6. The Kier molecular flexibility index (Phi) is 8.49. The van der Waals surface area contributed by atoms with Crippen LogP contribution in [0, 0.1) is 51.2 Å². The van der Waals surface area contributed by atoms with E-state index >= 15 is 0 Å². The van der Waals surface area contributed by atoms with Crippen molar-refractivity contribution in [1.29, 1.82) is 5.26 Å². The smallest absolute Gasteiger partial charge is 0.332 e. The monoisotopic (exact) mass is 663 g/mol. The van der Waals surface area contributed by atoms with Gasteiger partial charge in [-0.15, -0.1) is 0 Å².